The lowest BCUT2D eigenvalue weighted by molar-refractivity contribution is 1.12. The van der Waals surface area contributed by atoms with E-state index >= 15 is 0 Å². The van der Waals surface area contributed by atoms with Crippen molar-refractivity contribution in [1.29, 1.82) is 0 Å². The minimum atomic E-state index is 0.395. The van der Waals surface area contributed by atoms with Gasteiger partial charge in [-0.1, -0.05) is 12.2 Å². The summed E-state index contributed by atoms with van der Waals surface area (Å²) < 4.78 is 0. The molecule has 0 fully saturated rings. The Morgan fingerprint density at radius 2 is 1.89 bits per heavy atom. The van der Waals surface area contributed by atoms with Crippen molar-refractivity contribution in [3.8, 4) is 0 Å². The van der Waals surface area contributed by atoms with E-state index in [1.54, 1.807) is 0 Å². The Hall–Kier alpha value is -1.68. The van der Waals surface area contributed by atoms with Gasteiger partial charge >= 0.3 is 0 Å². The van der Waals surface area contributed by atoms with E-state index in [-0.39, 0.29) is 0 Å². The van der Waals surface area contributed by atoms with Gasteiger partial charge in [0.15, 0.2) is 0 Å². The van der Waals surface area contributed by atoms with Crippen LogP contribution in [0.4, 0.5) is 5.69 Å². The molecule has 0 bridgehead atoms. The molecule has 0 unspecified atom stereocenters. The van der Waals surface area contributed by atoms with Crippen LogP contribution in [0.15, 0.2) is 18.2 Å². The number of rotatable bonds is 2. The first-order chi connectivity index (χ1) is 8.40. The fraction of sp³-hybridized carbons (Fsp3) is 0.286. The Bertz CT molecular complexity index is 632. The highest BCUT2D eigenvalue weighted by atomic mass is 32.1. The molecule has 1 heterocycles. The Labute approximate surface area is 113 Å². The standard InChI is InChI=1S/C14H17N3S/c1-8-5-10-12(17(3)4)7-9(2)16-13(10)11(6-8)14(15)18/h5-7H,1-4H3,(H2,15,18). The average molecular weight is 259 g/mol. The monoisotopic (exact) mass is 259 g/mol. The third-order valence-electron chi connectivity index (χ3n) is 2.91. The second kappa shape index (κ2) is 4.53. The number of nitrogens with zero attached hydrogens (tertiary/aromatic N) is 2. The second-order valence-electron chi connectivity index (χ2n) is 4.75. The van der Waals surface area contributed by atoms with Gasteiger partial charge < -0.3 is 10.6 Å². The highest BCUT2D eigenvalue weighted by Gasteiger charge is 2.12. The average Bonchev–Trinajstić information content (AvgIpc) is 2.27. The zero-order chi connectivity index (χ0) is 13.4. The van der Waals surface area contributed by atoms with Crippen LogP contribution in [0.25, 0.3) is 10.9 Å². The molecule has 0 aliphatic rings. The van der Waals surface area contributed by atoms with Crippen LogP contribution < -0.4 is 10.6 Å². The van der Waals surface area contributed by atoms with Crippen LogP contribution in [0.1, 0.15) is 16.8 Å². The molecule has 4 heteroatoms. The molecule has 3 nitrogen and oxygen atoms in total. The van der Waals surface area contributed by atoms with Crippen molar-refractivity contribution in [3.63, 3.8) is 0 Å². The number of pyridine rings is 1. The van der Waals surface area contributed by atoms with Gasteiger partial charge in [-0.15, -0.1) is 0 Å². The Morgan fingerprint density at radius 1 is 1.22 bits per heavy atom. The van der Waals surface area contributed by atoms with Gasteiger partial charge in [-0.05, 0) is 37.6 Å². The molecule has 0 amide bonds. The van der Waals surface area contributed by atoms with Gasteiger partial charge in [0.2, 0.25) is 0 Å². The van der Waals surface area contributed by atoms with Crippen molar-refractivity contribution in [2.24, 2.45) is 5.73 Å². The number of benzene rings is 1. The van der Waals surface area contributed by atoms with E-state index in [1.165, 1.54) is 0 Å². The number of fused-ring (bicyclic) bond motifs is 1. The number of aromatic nitrogens is 1. The van der Waals surface area contributed by atoms with Crippen LogP contribution in [0, 0.1) is 13.8 Å². The lowest BCUT2D eigenvalue weighted by atomic mass is 10.0. The predicted octanol–water partition coefficient (Wildman–Crippen LogP) is 2.55. The van der Waals surface area contributed by atoms with Crippen molar-refractivity contribution < 1.29 is 0 Å². The summed E-state index contributed by atoms with van der Waals surface area (Å²) in [5.74, 6) is 0. The van der Waals surface area contributed by atoms with E-state index in [9.17, 15) is 0 Å². The number of anilines is 1. The van der Waals surface area contributed by atoms with E-state index in [0.717, 1.165) is 33.4 Å². The van der Waals surface area contributed by atoms with E-state index in [1.807, 2.05) is 34.0 Å². The number of aryl methyl sites for hydroxylation is 2. The first-order valence-electron chi connectivity index (χ1n) is 5.79. The largest absolute Gasteiger partial charge is 0.389 e. The zero-order valence-electron chi connectivity index (χ0n) is 11.1. The number of hydrogen-bond acceptors (Lipinski definition) is 3. The summed E-state index contributed by atoms with van der Waals surface area (Å²) in [5, 5.41) is 1.09. The third-order valence-corrected chi connectivity index (χ3v) is 3.13. The quantitative estimate of drug-likeness (QED) is 0.842. The summed E-state index contributed by atoms with van der Waals surface area (Å²) >= 11 is 5.13. The van der Waals surface area contributed by atoms with E-state index in [4.69, 9.17) is 18.0 Å². The van der Waals surface area contributed by atoms with Crippen molar-refractivity contribution in [1.82, 2.24) is 4.98 Å². The Morgan fingerprint density at radius 3 is 2.44 bits per heavy atom. The lowest BCUT2D eigenvalue weighted by Gasteiger charge is -2.18. The summed E-state index contributed by atoms with van der Waals surface area (Å²) in [4.78, 5) is 7.06. The molecular weight excluding hydrogens is 242 g/mol. The molecule has 1 aromatic heterocycles. The lowest BCUT2D eigenvalue weighted by Crippen LogP contribution is -2.14. The highest BCUT2D eigenvalue weighted by Crippen LogP contribution is 2.28. The smallest absolute Gasteiger partial charge is 0.106 e. The number of nitrogens with two attached hydrogens (primary N) is 1. The molecule has 0 radical (unpaired) electrons. The second-order valence-corrected chi connectivity index (χ2v) is 5.19. The van der Waals surface area contributed by atoms with Crippen LogP contribution in [-0.2, 0) is 0 Å². The molecule has 0 aliphatic heterocycles. The van der Waals surface area contributed by atoms with Crippen LogP contribution in [0.3, 0.4) is 0 Å². The third kappa shape index (κ3) is 2.16. The van der Waals surface area contributed by atoms with E-state index in [2.05, 4.69) is 22.0 Å². The molecule has 2 rings (SSSR count). The molecular formula is C14H17N3S. The molecule has 2 N–H and O–H groups in total. The molecule has 18 heavy (non-hydrogen) atoms. The molecule has 1 aromatic carbocycles. The fourth-order valence-corrected chi connectivity index (χ4v) is 2.29. The first-order valence-corrected chi connectivity index (χ1v) is 6.20. The first kappa shape index (κ1) is 12.8. The maximum absolute atomic E-state index is 5.80. The normalized spacial score (nSPS) is 10.7. The molecule has 2 aromatic rings. The molecule has 0 aliphatic carbocycles. The molecule has 0 atom stereocenters. The van der Waals surface area contributed by atoms with Gasteiger partial charge in [0.25, 0.3) is 0 Å². The van der Waals surface area contributed by atoms with Crippen molar-refractivity contribution in [2.75, 3.05) is 19.0 Å². The van der Waals surface area contributed by atoms with E-state index < -0.39 is 0 Å². The molecule has 0 saturated carbocycles. The van der Waals surface area contributed by atoms with Gasteiger partial charge in [0.05, 0.1) is 5.52 Å². The molecule has 94 valence electrons. The summed E-state index contributed by atoms with van der Waals surface area (Å²) in [6, 6.07) is 6.19. The molecule has 0 saturated heterocycles. The van der Waals surface area contributed by atoms with Crippen LogP contribution in [0.2, 0.25) is 0 Å². The van der Waals surface area contributed by atoms with Crippen LogP contribution in [-0.4, -0.2) is 24.1 Å². The SMILES string of the molecule is Cc1cc(C(N)=S)c2nc(C)cc(N(C)C)c2c1. The number of thiocarbonyl (C=S) groups is 1. The summed E-state index contributed by atoms with van der Waals surface area (Å²) in [5.41, 5.74) is 10.8. The topological polar surface area (TPSA) is 42.1 Å². The fourth-order valence-electron chi connectivity index (χ4n) is 2.14. The number of hydrogen-bond donors (Lipinski definition) is 1. The van der Waals surface area contributed by atoms with Crippen molar-refractivity contribution in [3.05, 3.63) is 35.0 Å². The molecule has 0 spiro atoms. The van der Waals surface area contributed by atoms with Crippen molar-refractivity contribution in [2.45, 2.75) is 13.8 Å². The van der Waals surface area contributed by atoms with E-state index in [0.29, 0.717) is 4.99 Å². The summed E-state index contributed by atoms with van der Waals surface area (Å²) in [7, 11) is 4.05. The maximum atomic E-state index is 5.80. The summed E-state index contributed by atoms with van der Waals surface area (Å²) in [6.45, 7) is 4.02. The predicted molar refractivity (Wildman–Crippen MR) is 81.4 cm³/mol. The van der Waals surface area contributed by atoms with Crippen LogP contribution >= 0.6 is 12.2 Å². The van der Waals surface area contributed by atoms with Gasteiger partial charge in [0.1, 0.15) is 4.99 Å². The highest BCUT2D eigenvalue weighted by molar-refractivity contribution is 7.80. The van der Waals surface area contributed by atoms with Gasteiger partial charge in [0, 0.05) is 36.4 Å². The van der Waals surface area contributed by atoms with Crippen molar-refractivity contribution >= 4 is 33.8 Å². The Balaban J connectivity index is 2.94. The summed E-state index contributed by atoms with van der Waals surface area (Å²) in [6.07, 6.45) is 0. The Kier molecular flexibility index (Phi) is 3.22. The van der Waals surface area contributed by atoms with Gasteiger partial charge in [-0.2, -0.15) is 0 Å². The van der Waals surface area contributed by atoms with Gasteiger partial charge in [-0.25, -0.2) is 0 Å². The minimum absolute atomic E-state index is 0.395. The minimum Gasteiger partial charge on any atom is -0.389 e. The van der Waals surface area contributed by atoms with Gasteiger partial charge in [-0.3, -0.25) is 4.98 Å². The maximum Gasteiger partial charge on any atom is 0.106 e. The van der Waals surface area contributed by atoms with Crippen LogP contribution in [0.5, 0.6) is 0 Å². The zero-order valence-corrected chi connectivity index (χ0v) is 11.9.